The second kappa shape index (κ2) is 7.04. The van der Waals surface area contributed by atoms with Crippen LogP contribution in [0.5, 0.6) is 0 Å². The molecule has 1 atom stereocenters. The number of halogens is 1. The van der Waals surface area contributed by atoms with Gasteiger partial charge in [-0.25, -0.2) is 4.79 Å². The number of oxazole rings is 1. The van der Waals surface area contributed by atoms with Gasteiger partial charge < -0.3 is 9.32 Å². The molecular weight excluding hydrogens is 390 g/mol. The summed E-state index contributed by atoms with van der Waals surface area (Å²) in [5.41, 5.74) is 1.60. The maximum absolute atomic E-state index is 13.3. The normalized spacial score (nSPS) is 17.1. The highest BCUT2D eigenvalue weighted by Gasteiger charge is 2.29. The number of nitrogens with zero attached hydrogens (tertiary/aromatic N) is 3. The number of carbonyl (C=O) groups is 1. The fraction of sp³-hybridized carbons (Fsp3) is 0.227. The van der Waals surface area contributed by atoms with Crippen molar-refractivity contribution >= 4 is 39.4 Å². The number of pyridine rings is 1. The summed E-state index contributed by atoms with van der Waals surface area (Å²) in [6, 6.07) is 14.6. The Morgan fingerprint density at radius 1 is 1.17 bits per heavy atom. The first-order valence-electron chi connectivity index (χ1n) is 9.55. The number of fused-ring (bicyclic) bond motifs is 2. The van der Waals surface area contributed by atoms with Gasteiger partial charge in [0.1, 0.15) is 5.69 Å². The van der Waals surface area contributed by atoms with Crippen LogP contribution in [-0.2, 0) is 0 Å². The van der Waals surface area contributed by atoms with E-state index in [0.717, 1.165) is 23.6 Å². The lowest BCUT2D eigenvalue weighted by atomic mass is 10.0. The van der Waals surface area contributed by atoms with Gasteiger partial charge in [-0.1, -0.05) is 35.9 Å². The minimum Gasteiger partial charge on any atom is -0.408 e. The summed E-state index contributed by atoms with van der Waals surface area (Å²) >= 11 is 6.12. The summed E-state index contributed by atoms with van der Waals surface area (Å²) in [6.45, 7) is 1.05. The molecule has 146 valence electrons. The number of benzene rings is 2. The number of hydrogen-bond acceptors (Lipinski definition) is 4. The summed E-state index contributed by atoms with van der Waals surface area (Å²) in [5.74, 6) is -0.546. The molecular formula is C22H18ClN3O3. The van der Waals surface area contributed by atoms with Crippen LogP contribution in [0.15, 0.2) is 63.9 Å². The van der Waals surface area contributed by atoms with Crippen LogP contribution in [0.4, 0.5) is 0 Å². The molecule has 29 heavy (non-hydrogen) atoms. The lowest BCUT2D eigenvalue weighted by molar-refractivity contribution is 0.0674. The van der Waals surface area contributed by atoms with Crippen molar-refractivity contribution in [3.8, 4) is 0 Å². The molecule has 7 heteroatoms. The zero-order chi connectivity index (χ0) is 20.0. The summed E-state index contributed by atoms with van der Waals surface area (Å²) in [5, 5.41) is 2.35. The molecule has 0 aliphatic carbocycles. The quantitative estimate of drug-likeness (QED) is 0.497. The first-order valence-corrected chi connectivity index (χ1v) is 9.93. The lowest BCUT2D eigenvalue weighted by Gasteiger charge is -2.33. The van der Waals surface area contributed by atoms with E-state index in [2.05, 4.69) is 4.98 Å². The van der Waals surface area contributed by atoms with Crippen molar-refractivity contribution in [2.75, 3.05) is 13.1 Å². The van der Waals surface area contributed by atoms with Gasteiger partial charge in [0.05, 0.1) is 11.6 Å². The Hall–Kier alpha value is -3.12. The van der Waals surface area contributed by atoms with Crippen molar-refractivity contribution in [3.05, 3.63) is 76.0 Å². The molecule has 0 N–H and O–H groups in total. The number of likely N-dealkylation sites (tertiary alicyclic amines) is 1. The molecule has 1 amide bonds. The standard InChI is InChI=1S/C22H18ClN3O3/c23-15-7-8-19-18(12-15)26(22(28)29-19)16-5-3-11-25(13-16)21(27)20-17-6-2-1-4-14(17)9-10-24-20/h1-2,4,6-10,12,16H,3,5,11,13H2. The Bertz CT molecular complexity index is 1290. The molecule has 3 heterocycles. The van der Waals surface area contributed by atoms with Crippen LogP contribution in [0.1, 0.15) is 29.4 Å². The van der Waals surface area contributed by atoms with Gasteiger partial charge in [0, 0.05) is 29.7 Å². The summed E-state index contributed by atoms with van der Waals surface area (Å²) in [7, 11) is 0. The summed E-state index contributed by atoms with van der Waals surface area (Å²) < 4.78 is 7.00. The fourth-order valence-corrected chi connectivity index (χ4v) is 4.31. The number of carbonyl (C=O) groups excluding carboxylic acids is 1. The molecule has 0 saturated carbocycles. The van der Waals surface area contributed by atoms with E-state index in [9.17, 15) is 9.59 Å². The molecule has 5 rings (SSSR count). The van der Waals surface area contributed by atoms with E-state index < -0.39 is 5.76 Å². The Balaban J connectivity index is 1.50. The van der Waals surface area contributed by atoms with Gasteiger partial charge >= 0.3 is 5.76 Å². The summed E-state index contributed by atoms with van der Waals surface area (Å²) in [6.07, 6.45) is 3.24. The van der Waals surface area contributed by atoms with Gasteiger partial charge in [-0.15, -0.1) is 0 Å². The molecule has 1 unspecified atom stereocenters. The average molecular weight is 408 g/mol. The number of hydrogen-bond donors (Lipinski definition) is 0. The van der Waals surface area contributed by atoms with Crippen molar-refractivity contribution < 1.29 is 9.21 Å². The highest BCUT2D eigenvalue weighted by atomic mass is 35.5. The van der Waals surface area contributed by atoms with Crippen LogP contribution in [0.25, 0.3) is 21.9 Å². The minimum absolute atomic E-state index is 0.120. The highest BCUT2D eigenvalue weighted by Crippen LogP contribution is 2.28. The van der Waals surface area contributed by atoms with Crippen molar-refractivity contribution in [3.63, 3.8) is 0 Å². The van der Waals surface area contributed by atoms with Gasteiger partial charge in [0.15, 0.2) is 5.58 Å². The summed E-state index contributed by atoms with van der Waals surface area (Å²) in [4.78, 5) is 31.9. The molecule has 1 aliphatic rings. The molecule has 0 radical (unpaired) electrons. The smallest absolute Gasteiger partial charge is 0.408 e. The SMILES string of the molecule is O=C(c1nccc2ccccc12)N1CCCC(n2c(=O)oc3ccc(Cl)cc32)C1. The number of rotatable bonds is 2. The molecule has 2 aromatic carbocycles. The van der Waals surface area contributed by atoms with Crippen molar-refractivity contribution in [1.82, 2.24) is 14.5 Å². The zero-order valence-corrected chi connectivity index (χ0v) is 16.3. The lowest BCUT2D eigenvalue weighted by Crippen LogP contribution is -2.42. The Morgan fingerprint density at radius 3 is 2.93 bits per heavy atom. The highest BCUT2D eigenvalue weighted by molar-refractivity contribution is 6.31. The van der Waals surface area contributed by atoms with Gasteiger partial charge in [0.25, 0.3) is 5.91 Å². The van der Waals surface area contributed by atoms with Gasteiger partial charge in [-0.3, -0.25) is 14.3 Å². The van der Waals surface area contributed by atoms with E-state index in [1.54, 1.807) is 33.9 Å². The van der Waals surface area contributed by atoms with E-state index in [0.29, 0.717) is 34.9 Å². The molecule has 0 bridgehead atoms. The van der Waals surface area contributed by atoms with Gasteiger partial charge in [-0.05, 0) is 42.5 Å². The maximum Gasteiger partial charge on any atom is 0.420 e. The molecule has 1 saturated heterocycles. The van der Waals surface area contributed by atoms with Gasteiger partial charge in [0.2, 0.25) is 0 Å². The van der Waals surface area contributed by atoms with Crippen molar-refractivity contribution in [2.45, 2.75) is 18.9 Å². The molecule has 4 aromatic rings. The van der Waals surface area contributed by atoms with E-state index in [1.165, 1.54) is 0 Å². The molecule has 1 aliphatic heterocycles. The number of amides is 1. The third kappa shape index (κ3) is 3.09. The molecule has 0 spiro atoms. The van der Waals surface area contributed by atoms with Crippen LogP contribution in [0.3, 0.4) is 0 Å². The second-order valence-corrected chi connectivity index (χ2v) is 7.71. The second-order valence-electron chi connectivity index (χ2n) is 7.28. The predicted molar refractivity (Wildman–Crippen MR) is 111 cm³/mol. The largest absolute Gasteiger partial charge is 0.420 e. The van der Waals surface area contributed by atoms with Crippen molar-refractivity contribution in [2.24, 2.45) is 0 Å². The Morgan fingerprint density at radius 2 is 2.03 bits per heavy atom. The van der Waals surface area contributed by atoms with E-state index in [1.807, 2.05) is 30.3 Å². The third-order valence-electron chi connectivity index (χ3n) is 5.50. The van der Waals surface area contributed by atoms with Crippen molar-refractivity contribution in [1.29, 1.82) is 0 Å². The monoisotopic (exact) mass is 407 g/mol. The number of piperidine rings is 1. The van der Waals surface area contributed by atoms with Crippen LogP contribution >= 0.6 is 11.6 Å². The van der Waals surface area contributed by atoms with E-state index in [-0.39, 0.29) is 11.9 Å². The predicted octanol–water partition coefficient (Wildman–Crippen LogP) is 4.27. The third-order valence-corrected chi connectivity index (χ3v) is 5.73. The fourth-order valence-electron chi connectivity index (χ4n) is 4.14. The van der Waals surface area contributed by atoms with Crippen LogP contribution < -0.4 is 5.76 Å². The molecule has 2 aromatic heterocycles. The maximum atomic E-state index is 13.3. The minimum atomic E-state index is -0.426. The molecule has 6 nitrogen and oxygen atoms in total. The first kappa shape index (κ1) is 17.9. The number of aromatic nitrogens is 2. The van der Waals surface area contributed by atoms with Crippen LogP contribution in [-0.4, -0.2) is 33.4 Å². The van der Waals surface area contributed by atoms with E-state index in [4.69, 9.17) is 16.0 Å². The van der Waals surface area contributed by atoms with Gasteiger partial charge in [-0.2, -0.15) is 0 Å². The first-order chi connectivity index (χ1) is 14.1. The Labute approximate surface area is 171 Å². The average Bonchev–Trinajstić information content (AvgIpc) is 3.07. The zero-order valence-electron chi connectivity index (χ0n) is 15.5. The molecule has 1 fully saturated rings. The van der Waals surface area contributed by atoms with Crippen LogP contribution in [0.2, 0.25) is 5.02 Å². The topological polar surface area (TPSA) is 68.3 Å². The van der Waals surface area contributed by atoms with Crippen LogP contribution in [0, 0.1) is 0 Å². The van der Waals surface area contributed by atoms with E-state index >= 15 is 0 Å². The Kier molecular flexibility index (Phi) is 4.36.